The number of hydrogen-bond acceptors (Lipinski definition) is 0. The van der Waals surface area contributed by atoms with E-state index in [1.54, 1.807) is 12.2 Å². The zero-order chi connectivity index (χ0) is 7.56. The molecule has 0 saturated carbocycles. The van der Waals surface area contributed by atoms with Gasteiger partial charge in [-0.15, -0.1) is 0 Å². The van der Waals surface area contributed by atoms with E-state index in [-0.39, 0.29) is 6.42 Å². The molecule has 0 amide bonds. The summed E-state index contributed by atoms with van der Waals surface area (Å²) >= 11 is 0. The molecule has 0 nitrogen and oxygen atoms in total. The summed E-state index contributed by atoms with van der Waals surface area (Å²) in [5, 5.41) is 0. The van der Waals surface area contributed by atoms with Gasteiger partial charge < -0.3 is 0 Å². The van der Waals surface area contributed by atoms with E-state index in [0.29, 0.717) is 0 Å². The van der Waals surface area contributed by atoms with Crippen molar-refractivity contribution in [1.82, 2.24) is 0 Å². The van der Waals surface area contributed by atoms with Crippen LogP contribution in [0.5, 0.6) is 0 Å². The van der Waals surface area contributed by atoms with Gasteiger partial charge in [0.05, 0.1) is 0 Å². The van der Waals surface area contributed by atoms with E-state index in [4.69, 9.17) is 0 Å². The van der Waals surface area contributed by atoms with Crippen LogP contribution < -0.4 is 0 Å². The van der Waals surface area contributed by atoms with E-state index in [1.165, 1.54) is 0 Å². The summed E-state index contributed by atoms with van der Waals surface area (Å²) in [7, 11) is 0. The molecule has 0 fully saturated rings. The number of allylic oxidation sites excluding steroid dienone is 6. The first-order chi connectivity index (χ1) is 4.70. The summed E-state index contributed by atoms with van der Waals surface area (Å²) in [5.74, 6) is -1.44. The van der Waals surface area contributed by atoms with E-state index in [9.17, 15) is 8.78 Å². The fourth-order valence-corrected chi connectivity index (χ4v) is 0.711. The molecule has 0 heterocycles. The predicted molar refractivity (Wildman–Crippen MR) is 36.8 cm³/mol. The van der Waals surface area contributed by atoms with E-state index < -0.39 is 11.7 Å². The first-order valence-electron chi connectivity index (χ1n) is 3.09. The van der Waals surface area contributed by atoms with Crippen LogP contribution in [0.25, 0.3) is 0 Å². The number of rotatable bonds is 0. The standard InChI is InChI=1S/C8H8F2/c1-6-2-4-7(9)8(10)5-3-6/h2-4H,5H2,1H3. The Kier molecular flexibility index (Phi) is 2.00. The average Bonchev–Trinajstić information content (AvgIpc) is 2.04. The topological polar surface area (TPSA) is 0 Å². The molecule has 0 bridgehead atoms. The molecule has 1 rings (SSSR count). The highest BCUT2D eigenvalue weighted by molar-refractivity contribution is 5.29. The van der Waals surface area contributed by atoms with Crippen LogP contribution in [0.3, 0.4) is 0 Å². The van der Waals surface area contributed by atoms with Crippen molar-refractivity contribution in [2.75, 3.05) is 0 Å². The van der Waals surface area contributed by atoms with Crippen LogP contribution in [0.2, 0.25) is 0 Å². The summed E-state index contributed by atoms with van der Waals surface area (Å²) < 4.78 is 24.8. The third-order valence-corrected chi connectivity index (χ3v) is 1.35. The Labute approximate surface area is 58.6 Å². The molecule has 0 aromatic rings. The Hall–Kier alpha value is -0.920. The minimum absolute atomic E-state index is 0.0741. The van der Waals surface area contributed by atoms with Crippen LogP contribution in [0.15, 0.2) is 35.5 Å². The lowest BCUT2D eigenvalue weighted by atomic mass is 10.2. The van der Waals surface area contributed by atoms with Crippen molar-refractivity contribution in [1.29, 1.82) is 0 Å². The molecule has 1 aliphatic carbocycles. The van der Waals surface area contributed by atoms with Crippen LogP contribution >= 0.6 is 0 Å². The van der Waals surface area contributed by atoms with Gasteiger partial charge in [-0.3, -0.25) is 0 Å². The van der Waals surface area contributed by atoms with Gasteiger partial charge in [0.15, 0.2) is 5.83 Å². The smallest absolute Gasteiger partial charge is 0.154 e. The third-order valence-electron chi connectivity index (χ3n) is 1.35. The second-order valence-electron chi connectivity index (χ2n) is 2.24. The van der Waals surface area contributed by atoms with E-state index in [2.05, 4.69) is 0 Å². The lowest BCUT2D eigenvalue weighted by Crippen LogP contribution is -1.72. The zero-order valence-electron chi connectivity index (χ0n) is 5.70. The van der Waals surface area contributed by atoms with Gasteiger partial charge in [-0.05, 0) is 13.0 Å². The molecule has 0 aromatic carbocycles. The molecule has 2 heteroatoms. The summed E-state index contributed by atoms with van der Waals surface area (Å²) in [6.07, 6.45) is 4.43. The molecule has 0 aromatic heterocycles. The van der Waals surface area contributed by atoms with Gasteiger partial charge in [0.2, 0.25) is 0 Å². The van der Waals surface area contributed by atoms with Crippen molar-refractivity contribution in [3.63, 3.8) is 0 Å². The number of hydrogen-bond donors (Lipinski definition) is 0. The molecule has 1 aliphatic rings. The molecule has 0 radical (unpaired) electrons. The highest BCUT2D eigenvalue weighted by Crippen LogP contribution is 2.18. The van der Waals surface area contributed by atoms with Gasteiger partial charge in [0.1, 0.15) is 5.83 Å². The lowest BCUT2D eigenvalue weighted by Gasteiger charge is -1.87. The van der Waals surface area contributed by atoms with Crippen LogP contribution in [0.4, 0.5) is 8.78 Å². The SMILES string of the molecule is CC1=CCC(F)=C(F)C=C1. The van der Waals surface area contributed by atoms with Crippen LogP contribution in [-0.2, 0) is 0 Å². The monoisotopic (exact) mass is 142 g/mol. The molecule has 0 unspecified atom stereocenters. The maximum absolute atomic E-state index is 12.4. The van der Waals surface area contributed by atoms with Crippen LogP contribution in [-0.4, -0.2) is 0 Å². The van der Waals surface area contributed by atoms with Crippen molar-refractivity contribution >= 4 is 0 Å². The summed E-state index contributed by atoms with van der Waals surface area (Å²) in [6, 6.07) is 0. The Morgan fingerprint density at radius 1 is 1.30 bits per heavy atom. The van der Waals surface area contributed by atoms with E-state index >= 15 is 0 Å². The molecule has 0 atom stereocenters. The van der Waals surface area contributed by atoms with Gasteiger partial charge in [-0.1, -0.05) is 17.7 Å². The third kappa shape index (κ3) is 1.53. The highest BCUT2D eigenvalue weighted by Gasteiger charge is 2.03. The van der Waals surface area contributed by atoms with E-state index in [0.717, 1.165) is 11.6 Å². The Morgan fingerprint density at radius 2 is 2.00 bits per heavy atom. The van der Waals surface area contributed by atoms with Gasteiger partial charge in [0.25, 0.3) is 0 Å². The van der Waals surface area contributed by atoms with Crippen molar-refractivity contribution in [2.24, 2.45) is 0 Å². The Balaban J connectivity index is 2.89. The molecular weight excluding hydrogens is 134 g/mol. The second-order valence-corrected chi connectivity index (χ2v) is 2.24. The van der Waals surface area contributed by atoms with Crippen molar-refractivity contribution in [3.05, 3.63) is 35.5 Å². The van der Waals surface area contributed by atoms with Crippen molar-refractivity contribution in [3.8, 4) is 0 Å². The summed E-state index contributed by atoms with van der Waals surface area (Å²) in [5.41, 5.74) is 0.891. The molecule has 0 aliphatic heterocycles. The fourth-order valence-electron chi connectivity index (χ4n) is 0.711. The molecule has 10 heavy (non-hydrogen) atoms. The van der Waals surface area contributed by atoms with Crippen molar-refractivity contribution in [2.45, 2.75) is 13.3 Å². The fraction of sp³-hybridized carbons (Fsp3) is 0.250. The quantitative estimate of drug-likeness (QED) is 0.487. The van der Waals surface area contributed by atoms with E-state index in [1.807, 2.05) is 6.92 Å². The van der Waals surface area contributed by atoms with Gasteiger partial charge in [-0.25, -0.2) is 8.78 Å². The molecule has 54 valence electrons. The largest absolute Gasteiger partial charge is 0.208 e. The Morgan fingerprint density at radius 3 is 2.70 bits per heavy atom. The summed E-state index contributed by atoms with van der Waals surface area (Å²) in [6.45, 7) is 1.81. The minimum Gasteiger partial charge on any atom is -0.208 e. The second kappa shape index (κ2) is 2.78. The van der Waals surface area contributed by atoms with Gasteiger partial charge in [0, 0.05) is 6.42 Å². The minimum atomic E-state index is -0.756. The highest BCUT2D eigenvalue weighted by atomic mass is 19.2. The van der Waals surface area contributed by atoms with Crippen LogP contribution in [0.1, 0.15) is 13.3 Å². The lowest BCUT2D eigenvalue weighted by molar-refractivity contribution is 0.542. The van der Waals surface area contributed by atoms with Gasteiger partial charge in [-0.2, -0.15) is 0 Å². The average molecular weight is 142 g/mol. The number of halogens is 2. The van der Waals surface area contributed by atoms with Crippen LogP contribution in [0, 0.1) is 0 Å². The Bertz CT molecular complexity index is 221. The first kappa shape index (κ1) is 7.19. The normalized spacial score (nSPS) is 18.9. The molecule has 0 saturated heterocycles. The zero-order valence-corrected chi connectivity index (χ0v) is 5.70. The maximum atomic E-state index is 12.4. The maximum Gasteiger partial charge on any atom is 0.154 e. The van der Waals surface area contributed by atoms with Crippen molar-refractivity contribution < 1.29 is 8.78 Å². The predicted octanol–water partition coefficient (Wildman–Crippen LogP) is 3.04. The summed E-state index contributed by atoms with van der Waals surface area (Å²) in [4.78, 5) is 0. The molecule has 0 spiro atoms. The first-order valence-corrected chi connectivity index (χ1v) is 3.09. The molecule has 0 N–H and O–H groups in total. The van der Waals surface area contributed by atoms with Gasteiger partial charge >= 0.3 is 0 Å². The molecular formula is C8H8F2.